The summed E-state index contributed by atoms with van der Waals surface area (Å²) in [4.78, 5) is 40.1. The van der Waals surface area contributed by atoms with E-state index < -0.39 is 24.3 Å². The van der Waals surface area contributed by atoms with Gasteiger partial charge < -0.3 is 14.5 Å². The number of rotatable bonds is 7. The Morgan fingerprint density at radius 2 is 1.83 bits per heavy atom. The fourth-order valence-electron chi connectivity index (χ4n) is 2.41. The Morgan fingerprint density at radius 3 is 2.46 bits per heavy atom. The van der Waals surface area contributed by atoms with Gasteiger partial charge in [0.05, 0.1) is 24.2 Å². The Hall–Kier alpha value is -2.41. The molecule has 128 valence electrons. The summed E-state index contributed by atoms with van der Waals surface area (Å²) >= 11 is 1.45. The Balaban J connectivity index is 2.06. The first-order valence-corrected chi connectivity index (χ1v) is 8.39. The molecule has 0 saturated carbocycles. The molecule has 0 radical (unpaired) electrons. The van der Waals surface area contributed by atoms with Crippen molar-refractivity contribution in [3.8, 4) is 0 Å². The van der Waals surface area contributed by atoms with Crippen molar-refractivity contribution in [2.24, 2.45) is 0 Å². The van der Waals surface area contributed by atoms with E-state index in [1.54, 1.807) is 20.8 Å². The average Bonchev–Trinajstić information content (AvgIpc) is 3.12. The summed E-state index contributed by atoms with van der Waals surface area (Å²) in [6, 6.07) is 3.67. The van der Waals surface area contributed by atoms with Gasteiger partial charge >= 0.3 is 11.9 Å². The first-order chi connectivity index (χ1) is 11.4. The number of esters is 2. The number of aromatic nitrogens is 1. The Labute approximate surface area is 143 Å². The largest absolute Gasteiger partial charge is 0.462 e. The van der Waals surface area contributed by atoms with Crippen molar-refractivity contribution >= 4 is 29.1 Å². The van der Waals surface area contributed by atoms with E-state index >= 15 is 0 Å². The van der Waals surface area contributed by atoms with Crippen molar-refractivity contribution in [1.82, 2.24) is 4.98 Å². The molecule has 0 aliphatic carbocycles. The van der Waals surface area contributed by atoms with Gasteiger partial charge in [-0.3, -0.25) is 9.59 Å². The monoisotopic (exact) mass is 349 g/mol. The summed E-state index contributed by atoms with van der Waals surface area (Å²) in [6.45, 7) is 4.89. The lowest BCUT2D eigenvalue weighted by atomic mass is 10.1. The number of nitrogens with one attached hydrogen (secondary N) is 1. The minimum Gasteiger partial charge on any atom is -0.462 e. The number of ether oxygens (including phenoxy) is 2. The number of aryl methyl sites for hydroxylation is 2. The van der Waals surface area contributed by atoms with Crippen LogP contribution in [0.15, 0.2) is 17.5 Å². The highest BCUT2D eigenvalue weighted by Crippen LogP contribution is 2.20. The molecular formula is C17H19NO5S. The van der Waals surface area contributed by atoms with Gasteiger partial charge in [0.1, 0.15) is 0 Å². The predicted octanol–water partition coefficient (Wildman–Crippen LogP) is 2.84. The zero-order valence-corrected chi connectivity index (χ0v) is 14.6. The number of thiophene rings is 1. The van der Waals surface area contributed by atoms with Crippen molar-refractivity contribution in [3.63, 3.8) is 0 Å². The van der Waals surface area contributed by atoms with E-state index in [0.717, 1.165) is 4.88 Å². The molecule has 0 fully saturated rings. The first-order valence-electron chi connectivity index (χ1n) is 7.51. The molecule has 2 heterocycles. The van der Waals surface area contributed by atoms with Crippen molar-refractivity contribution in [2.75, 3.05) is 13.2 Å². The molecule has 2 aromatic heterocycles. The van der Waals surface area contributed by atoms with Gasteiger partial charge in [-0.1, -0.05) is 6.07 Å². The van der Waals surface area contributed by atoms with Gasteiger partial charge in [0.2, 0.25) is 5.78 Å². The van der Waals surface area contributed by atoms with E-state index in [1.165, 1.54) is 11.3 Å². The van der Waals surface area contributed by atoms with E-state index in [4.69, 9.17) is 9.47 Å². The van der Waals surface area contributed by atoms with E-state index in [-0.39, 0.29) is 24.2 Å². The predicted molar refractivity (Wildman–Crippen MR) is 89.5 cm³/mol. The SMILES string of the molecule is CCOC(=O)c1c(C)[nH]c(C)c1C(=O)COC(=O)Cc1cccs1. The van der Waals surface area contributed by atoms with E-state index in [0.29, 0.717) is 11.4 Å². The maximum Gasteiger partial charge on any atom is 0.340 e. The van der Waals surface area contributed by atoms with Crippen LogP contribution in [-0.2, 0) is 20.7 Å². The summed E-state index contributed by atoms with van der Waals surface area (Å²) in [5.41, 5.74) is 1.53. The lowest BCUT2D eigenvalue weighted by Crippen LogP contribution is -2.18. The number of hydrogen-bond donors (Lipinski definition) is 1. The Bertz CT molecular complexity index is 745. The molecule has 0 spiro atoms. The fourth-order valence-corrected chi connectivity index (χ4v) is 3.10. The number of H-pyrrole nitrogens is 1. The highest BCUT2D eigenvalue weighted by molar-refractivity contribution is 7.10. The molecule has 0 aromatic carbocycles. The van der Waals surface area contributed by atoms with Gasteiger partial charge in [0, 0.05) is 16.3 Å². The van der Waals surface area contributed by atoms with E-state index in [1.807, 2.05) is 17.5 Å². The second-order valence-corrected chi connectivity index (χ2v) is 6.22. The Kier molecular flexibility index (Phi) is 5.92. The molecule has 24 heavy (non-hydrogen) atoms. The fraction of sp³-hybridized carbons (Fsp3) is 0.353. The zero-order chi connectivity index (χ0) is 17.7. The number of carbonyl (C=O) groups excluding carboxylic acids is 3. The third kappa shape index (κ3) is 4.11. The van der Waals surface area contributed by atoms with Crippen LogP contribution in [0.5, 0.6) is 0 Å². The minimum atomic E-state index is -0.562. The van der Waals surface area contributed by atoms with Crippen LogP contribution in [-0.4, -0.2) is 35.9 Å². The van der Waals surface area contributed by atoms with Crippen LogP contribution in [0.25, 0.3) is 0 Å². The molecule has 0 saturated heterocycles. The lowest BCUT2D eigenvalue weighted by Gasteiger charge is -2.07. The molecular weight excluding hydrogens is 330 g/mol. The number of hydrogen-bond acceptors (Lipinski definition) is 6. The van der Waals surface area contributed by atoms with Gasteiger partial charge in [-0.15, -0.1) is 11.3 Å². The van der Waals surface area contributed by atoms with Crippen LogP contribution in [0.4, 0.5) is 0 Å². The normalized spacial score (nSPS) is 10.5. The maximum absolute atomic E-state index is 12.4. The molecule has 6 nitrogen and oxygen atoms in total. The van der Waals surface area contributed by atoms with Crippen LogP contribution < -0.4 is 0 Å². The summed E-state index contributed by atoms with van der Waals surface area (Å²) in [5, 5.41) is 1.87. The average molecular weight is 349 g/mol. The number of aromatic amines is 1. The molecule has 1 N–H and O–H groups in total. The molecule has 0 unspecified atom stereocenters. The Morgan fingerprint density at radius 1 is 1.12 bits per heavy atom. The van der Waals surface area contributed by atoms with Crippen molar-refractivity contribution in [2.45, 2.75) is 27.2 Å². The van der Waals surface area contributed by atoms with Crippen LogP contribution in [0.1, 0.15) is 43.9 Å². The molecule has 7 heteroatoms. The molecule has 0 atom stereocenters. The number of carbonyl (C=O) groups is 3. The summed E-state index contributed by atoms with van der Waals surface area (Å²) < 4.78 is 10.0. The third-order valence-electron chi connectivity index (χ3n) is 3.40. The standard InChI is InChI=1S/C17H19NO5S/c1-4-22-17(21)16-11(3)18-10(2)15(16)13(19)9-23-14(20)8-12-6-5-7-24-12/h5-7,18H,4,8-9H2,1-3H3. The summed E-state index contributed by atoms with van der Waals surface area (Å²) in [6.07, 6.45) is 0.126. The van der Waals surface area contributed by atoms with E-state index in [9.17, 15) is 14.4 Å². The molecule has 0 bridgehead atoms. The highest BCUT2D eigenvalue weighted by atomic mass is 32.1. The quantitative estimate of drug-likeness (QED) is 0.614. The van der Waals surface area contributed by atoms with Gasteiger partial charge in [-0.2, -0.15) is 0 Å². The second-order valence-electron chi connectivity index (χ2n) is 5.19. The smallest absolute Gasteiger partial charge is 0.340 e. The zero-order valence-electron chi connectivity index (χ0n) is 13.8. The van der Waals surface area contributed by atoms with Crippen LogP contribution in [0, 0.1) is 13.8 Å². The van der Waals surface area contributed by atoms with Crippen LogP contribution in [0.2, 0.25) is 0 Å². The van der Waals surface area contributed by atoms with Crippen molar-refractivity contribution < 1.29 is 23.9 Å². The third-order valence-corrected chi connectivity index (χ3v) is 4.27. The summed E-state index contributed by atoms with van der Waals surface area (Å²) in [5.74, 6) is -1.47. The van der Waals surface area contributed by atoms with Crippen LogP contribution in [0.3, 0.4) is 0 Å². The maximum atomic E-state index is 12.4. The topological polar surface area (TPSA) is 85.5 Å². The van der Waals surface area contributed by atoms with Gasteiger partial charge in [-0.25, -0.2) is 4.79 Å². The molecule has 2 aromatic rings. The number of ketones is 1. The molecule has 0 amide bonds. The van der Waals surface area contributed by atoms with Crippen molar-refractivity contribution in [1.29, 1.82) is 0 Å². The molecule has 0 aliphatic heterocycles. The van der Waals surface area contributed by atoms with Gasteiger partial charge in [-0.05, 0) is 32.2 Å². The minimum absolute atomic E-state index is 0.126. The van der Waals surface area contributed by atoms with Gasteiger partial charge in [0.25, 0.3) is 0 Å². The first kappa shape index (κ1) is 17.9. The lowest BCUT2D eigenvalue weighted by molar-refractivity contribution is -0.141. The molecule has 2 rings (SSSR count). The molecule has 0 aliphatic rings. The van der Waals surface area contributed by atoms with Crippen molar-refractivity contribution in [3.05, 3.63) is 44.9 Å². The summed E-state index contributed by atoms with van der Waals surface area (Å²) in [7, 11) is 0. The van der Waals surface area contributed by atoms with E-state index in [2.05, 4.69) is 4.98 Å². The second kappa shape index (κ2) is 7.92. The highest BCUT2D eigenvalue weighted by Gasteiger charge is 2.26. The van der Waals surface area contributed by atoms with Gasteiger partial charge in [0.15, 0.2) is 6.61 Å². The number of Topliss-reactive ketones (excluding diaryl/α,β-unsaturated/α-hetero) is 1. The van der Waals surface area contributed by atoms with Crippen LogP contribution >= 0.6 is 11.3 Å².